The summed E-state index contributed by atoms with van der Waals surface area (Å²) < 4.78 is 5.45. The van der Waals surface area contributed by atoms with Crippen molar-refractivity contribution in [2.45, 2.75) is 0 Å². The van der Waals surface area contributed by atoms with Crippen molar-refractivity contribution in [3.63, 3.8) is 0 Å². The Morgan fingerprint density at radius 1 is 1.33 bits per heavy atom. The summed E-state index contributed by atoms with van der Waals surface area (Å²) in [5, 5.41) is 14.0. The summed E-state index contributed by atoms with van der Waals surface area (Å²) >= 11 is 0. The van der Waals surface area contributed by atoms with Gasteiger partial charge in [0.2, 0.25) is 5.82 Å². The first kappa shape index (κ1) is 17.9. The second-order valence-corrected chi connectivity index (χ2v) is 5.78. The third-order valence-corrected chi connectivity index (χ3v) is 4.01. The first-order valence-corrected chi connectivity index (χ1v) is 8.09. The lowest BCUT2D eigenvalue weighted by Gasteiger charge is -2.15. The number of anilines is 1. The summed E-state index contributed by atoms with van der Waals surface area (Å²) in [7, 11) is 1.58. The van der Waals surface area contributed by atoms with E-state index in [0.717, 1.165) is 22.0 Å². The molecule has 7 heteroatoms. The zero-order valence-electron chi connectivity index (χ0n) is 14.7. The van der Waals surface area contributed by atoms with Gasteiger partial charge in [0.1, 0.15) is 5.75 Å². The van der Waals surface area contributed by atoms with Crippen LogP contribution >= 0.6 is 0 Å². The lowest BCUT2D eigenvalue weighted by Crippen LogP contribution is -2.15. The molecule has 3 aromatic rings. The molecule has 0 atom stereocenters. The third kappa shape index (κ3) is 3.70. The largest absolute Gasteiger partial charge is 0.495 e. The Morgan fingerprint density at radius 3 is 2.81 bits per heavy atom. The van der Waals surface area contributed by atoms with E-state index in [1.54, 1.807) is 13.2 Å². The molecule has 0 aliphatic heterocycles. The first-order valence-electron chi connectivity index (χ1n) is 8.09. The molecule has 1 heterocycles. The van der Waals surface area contributed by atoms with Crippen molar-refractivity contribution >= 4 is 22.4 Å². The van der Waals surface area contributed by atoms with Crippen molar-refractivity contribution in [3.8, 4) is 23.1 Å². The van der Waals surface area contributed by atoms with Gasteiger partial charge < -0.3 is 15.8 Å². The number of aromatic nitrogens is 2. The van der Waals surface area contributed by atoms with Crippen LogP contribution in [0.5, 0.6) is 5.75 Å². The normalized spacial score (nSPS) is 10.2. The minimum atomic E-state index is -0.684. The molecule has 27 heavy (non-hydrogen) atoms. The molecule has 0 saturated carbocycles. The maximum absolute atomic E-state index is 11.3. The lowest BCUT2D eigenvalue weighted by atomic mass is 10.0. The second-order valence-electron chi connectivity index (χ2n) is 5.78. The number of hydrogen-bond acceptors (Lipinski definition) is 6. The molecule has 1 amide bonds. The molecule has 0 radical (unpaired) electrons. The summed E-state index contributed by atoms with van der Waals surface area (Å²) in [6.45, 7) is 3.99. The molecule has 3 rings (SSSR count). The fourth-order valence-electron chi connectivity index (χ4n) is 2.68. The van der Waals surface area contributed by atoms with Gasteiger partial charge in [-0.3, -0.25) is 4.79 Å². The van der Waals surface area contributed by atoms with Gasteiger partial charge in [0.05, 0.1) is 24.6 Å². The quantitative estimate of drug-likeness (QED) is 0.654. The average molecular weight is 359 g/mol. The molecule has 7 nitrogen and oxygen atoms in total. The molecule has 0 bridgehead atoms. The Balaban J connectivity index is 2.12. The Hall–Kier alpha value is -3.92. The number of nitrogens with two attached hydrogens (primary N) is 1. The molecule has 0 spiro atoms. The average Bonchev–Trinajstić information content (AvgIpc) is 2.71. The van der Waals surface area contributed by atoms with Crippen molar-refractivity contribution < 1.29 is 9.53 Å². The molecule has 134 valence electrons. The van der Waals surface area contributed by atoms with Gasteiger partial charge in [0.15, 0.2) is 0 Å². The van der Waals surface area contributed by atoms with Crippen molar-refractivity contribution in [1.29, 1.82) is 5.26 Å². The maximum atomic E-state index is 11.3. The number of nitriles is 1. The number of benzene rings is 2. The van der Waals surface area contributed by atoms with Gasteiger partial charge in [-0.25, -0.2) is 9.97 Å². The van der Waals surface area contributed by atoms with Crippen LogP contribution in [-0.4, -0.2) is 29.5 Å². The van der Waals surface area contributed by atoms with E-state index in [9.17, 15) is 4.79 Å². The highest BCUT2D eigenvalue weighted by atomic mass is 16.5. The fourth-order valence-corrected chi connectivity index (χ4v) is 2.68. The SMILES string of the molecule is C=C(C#N)CNc1c(OC)ccc2ccc(-c3ccnc(C(N)=O)n3)cc12. The van der Waals surface area contributed by atoms with E-state index in [1.807, 2.05) is 36.4 Å². The highest BCUT2D eigenvalue weighted by Gasteiger charge is 2.12. The molecule has 2 aromatic carbocycles. The number of rotatable bonds is 6. The van der Waals surface area contributed by atoms with E-state index in [4.69, 9.17) is 15.7 Å². The van der Waals surface area contributed by atoms with Crippen LogP contribution in [0.1, 0.15) is 10.6 Å². The van der Waals surface area contributed by atoms with Crippen molar-refractivity contribution in [2.24, 2.45) is 5.73 Å². The summed E-state index contributed by atoms with van der Waals surface area (Å²) in [6.07, 6.45) is 1.49. The Labute approximate surface area is 156 Å². The Kier molecular flexibility index (Phi) is 4.99. The molecule has 0 saturated heterocycles. The van der Waals surface area contributed by atoms with Crippen LogP contribution in [0, 0.1) is 11.3 Å². The minimum Gasteiger partial charge on any atom is -0.495 e. The number of carbonyl (C=O) groups is 1. The number of primary amides is 1. The van der Waals surface area contributed by atoms with Crippen LogP contribution in [0.4, 0.5) is 5.69 Å². The number of nitrogens with zero attached hydrogens (tertiary/aromatic N) is 3. The number of nitrogens with one attached hydrogen (secondary N) is 1. The van der Waals surface area contributed by atoms with Crippen molar-refractivity contribution in [2.75, 3.05) is 19.0 Å². The lowest BCUT2D eigenvalue weighted by molar-refractivity contribution is 0.0990. The molecule has 0 unspecified atom stereocenters. The molecular formula is C20H17N5O2. The van der Waals surface area contributed by atoms with E-state index in [1.165, 1.54) is 6.20 Å². The Bertz CT molecular complexity index is 1090. The number of methoxy groups -OCH3 is 1. The molecule has 0 aliphatic carbocycles. The van der Waals surface area contributed by atoms with Gasteiger partial charge in [-0.15, -0.1) is 0 Å². The molecule has 0 fully saturated rings. The first-order chi connectivity index (χ1) is 13.0. The van der Waals surface area contributed by atoms with Gasteiger partial charge in [-0.1, -0.05) is 24.8 Å². The van der Waals surface area contributed by atoms with Crippen LogP contribution in [0.25, 0.3) is 22.0 Å². The van der Waals surface area contributed by atoms with Crippen LogP contribution in [0.2, 0.25) is 0 Å². The van der Waals surface area contributed by atoms with E-state index in [-0.39, 0.29) is 5.82 Å². The molecule has 1 aromatic heterocycles. The topological polar surface area (TPSA) is 114 Å². The van der Waals surface area contributed by atoms with Gasteiger partial charge in [-0.05, 0) is 23.6 Å². The highest BCUT2D eigenvalue weighted by molar-refractivity contribution is 5.99. The number of amides is 1. The standard InChI is InChI=1S/C20H17N5O2/c1-12(10-21)11-24-18-15-9-14(4-3-13(15)5-6-17(18)27-2)16-7-8-23-20(25-16)19(22)26/h3-9,24H,1,11H2,2H3,(H2,22,26). The number of hydrogen-bond donors (Lipinski definition) is 2. The number of ether oxygens (including phenoxy) is 1. The second kappa shape index (κ2) is 7.54. The van der Waals surface area contributed by atoms with Crippen molar-refractivity contribution in [3.05, 3.63) is 60.6 Å². The van der Waals surface area contributed by atoms with Gasteiger partial charge in [0.25, 0.3) is 5.91 Å². The van der Waals surface area contributed by atoms with Gasteiger partial charge in [-0.2, -0.15) is 5.26 Å². The van der Waals surface area contributed by atoms with E-state index >= 15 is 0 Å². The number of carbonyl (C=O) groups excluding carboxylic acids is 1. The van der Waals surface area contributed by atoms with E-state index in [2.05, 4.69) is 21.9 Å². The van der Waals surface area contributed by atoms with Gasteiger partial charge >= 0.3 is 0 Å². The van der Waals surface area contributed by atoms with E-state index < -0.39 is 5.91 Å². The monoisotopic (exact) mass is 359 g/mol. The summed E-state index contributed by atoms with van der Waals surface area (Å²) in [6, 6.07) is 13.3. The third-order valence-electron chi connectivity index (χ3n) is 4.01. The van der Waals surface area contributed by atoms with Gasteiger partial charge in [0, 0.05) is 29.3 Å². The van der Waals surface area contributed by atoms with Crippen LogP contribution < -0.4 is 15.8 Å². The zero-order valence-corrected chi connectivity index (χ0v) is 14.7. The fraction of sp³-hybridized carbons (Fsp3) is 0.100. The summed E-state index contributed by atoms with van der Waals surface area (Å²) in [4.78, 5) is 19.4. The van der Waals surface area contributed by atoms with Crippen LogP contribution in [0.3, 0.4) is 0 Å². The predicted octanol–water partition coefficient (Wildman–Crippen LogP) is 2.90. The predicted molar refractivity (Wildman–Crippen MR) is 103 cm³/mol. The zero-order chi connectivity index (χ0) is 19.4. The van der Waals surface area contributed by atoms with E-state index in [0.29, 0.717) is 23.6 Å². The summed E-state index contributed by atoms with van der Waals surface area (Å²) in [5.74, 6) is -0.0792. The molecule has 3 N–H and O–H groups in total. The molecule has 0 aliphatic rings. The highest BCUT2D eigenvalue weighted by Crippen LogP contribution is 2.35. The summed E-state index contributed by atoms with van der Waals surface area (Å²) in [5.41, 5.74) is 7.80. The minimum absolute atomic E-state index is 0.0399. The van der Waals surface area contributed by atoms with Crippen LogP contribution in [0.15, 0.2) is 54.7 Å². The van der Waals surface area contributed by atoms with Crippen LogP contribution in [-0.2, 0) is 0 Å². The molecular weight excluding hydrogens is 342 g/mol. The number of fused-ring (bicyclic) bond motifs is 1. The maximum Gasteiger partial charge on any atom is 0.286 e. The van der Waals surface area contributed by atoms with Crippen molar-refractivity contribution in [1.82, 2.24) is 9.97 Å². The smallest absolute Gasteiger partial charge is 0.286 e. The Morgan fingerprint density at radius 2 is 2.11 bits per heavy atom.